The van der Waals surface area contributed by atoms with E-state index in [4.69, 9.17) is 11.6 Å². The Kier molecular flexibility index (Phi) is 7.18. The Balaban J connectivity index is 1.22. The molecule has 0 radical (unpaired) electrons. The van der Waals surface area contributed by atoms with E-state index in [-0.39, 0.29) is 17.3 Å². The second kappa shape index (κ2) is 10.3. The van der Waals surface area contributed by atoms with Gasteiger partial charge in [0.1, 0.15) is 10.9 Å². The maximum atomic E-state index is 11.2. The van der Waals surface area contributed by atoms with E-state index in [0.29, 0.717) is 18.2 Å². The Labute approximate surface area is 217 Å². The first-order valence-electron chi connectivity index (χ1n) is 12.7. The Morgan fingerprint density at radius 3 is 2.69 bits per heavy atom. The zero-order valence-corrected chi connectivity index (χ0v) is 21.7. The predicted molar refractivity (Wildman–Crippen MR) is 148 cm³/mol. The van der Waals surface area contributed by atoms with E-state index in [1.165, 1.54) is 16.3 Å². The van der Waals surface area contributed by atoms with Gasteiger partial charge in [0.25, 0.3) is 0 Å². The average molecular weight is 504 g/mol. The van der Waals surface area contributed by atoms with Crippen molar-refractivity contribution < 1.29 is 10.2 Å². The molecular formula is C30H34ClN3O2. The summed E-state index contributed by atoms with van der Waals surface area (Å²) in [5.41, 5.74) is 2.81. The van der Waals surface area contributed by atoms with Crippen LogP contribution in [0.4, 0.5) is 0 Å². The highest BCUT2D eigenvalue weighted by Gasteiger charge is 2.32. The van der Waals surface area contributed by atoms with Gasteiger partial charge in [0.05, 0.1) is 11.6 Å². The maximum Gasteiger partial charge on any atom is 0.134 e. The van der Waals surface area contributed by atoms with Gasteiger partial charge in [0, 0.05) is 35.6 Å². The van der Waals surface area contributed by atoms with Gasteiger partial charge in [-0.2, -0.15) is 0 Å². The molecule has 3 N–H and O–H groups in total. The van der Waals surface area contributed by atoms with Gasteiger partial charge in [-0.15, -0.1) is 0 Å². The summed E-state index contributed by atoms with van der Waals surface area (Å²) in [6.07, 6.45) is 2.39. The monoisotopic (exact) mass is 503 g/mol. The summed E-state index contributed by atoms with van der Waals surface area (Å²) in [4.78, 5) is 6.81. The van der Waals surface area contributed by atoms with Crippen LogP contribution in [0.1, 0.15) is 37.8 Å². The molecule has 2 atom stereocenters. The molecule has 0 aliphatic carbocycles. The highest BCUT2D eigenvalue weighted by Crippen LogP contribution is 2.29. The summed E-state index contributed by atoms with van der Waals surface area (Å²) in [5.74, 6) is 0.212. The van der Waals surface area contributed by atoms with E-state index < -0.39 is 6.10 Å². The lowest BCUT2D eigenvalue weighted by atomic mass is 9.93. The Morgan fingerprint density at radius 1 is 1.06 bits per heavy atom. The fourth-order valence-electron chi connectivity index (χ4n) is 5.44. The third kappa shape index (κ3) is 5.65. The van der Waals surface area contributed by atoms with Gasteiger partial charge < -0.3 is 15.5 Å². The number of benzene rings is 3. The number of nitrogens with zero attached hydrogens (tertiary/aromatic N) is 2. The van der Waals surface area contributed by atoms with Gasteiger partial charge in [0.2, 0.25) is 0 Å². The zero-order valence-electron chi connectivity index (χ0n) is 20.9. The second-order valence-corrected chi connectivity index (χ2v) is 11.0. The normalized spacial score (nSPS) is 17.7. The summed E-state index contributed by atoms with van der Waals surface area (Å²) in [7, 11) is 0. The van der Waals surface area contributed by atoms with Crippen LogP contribution in [0, 0.1) is 0 Å². The van der Waals surface area contributed by atoms with E-state index in [1.807, 2.05) is 6.07 Å². The number of hydrogen-bond acceptors (Lipinski definition) is 5. The fraction of sp³-hybridized carbons (Fsp3) is 0.367. The van der Waals surface area contributed by atoms with E-state index in [9.17, 15) is 10.2 Å². The molecule has 6 heteroatoms. The number of rotatable bonds is 8. The topological polar surface area (TPSA) is 68.6 Å². The molecule has 1 fully saturated rings. The van der Waals surface area contributed by atoms with Crippen LogP contribution >= 0.6 is 11.6 Å². The lowest BCUT2D eigenvalue weighted by Gasteiger charge is -2.33. The fourth-order valence-corrected chi connectivity index (χ4v) is 5.64. The van der Waals surface area contributed by atoms with E-state index in [1.54, 1.807) is 18.2 Å². The molecule has 1 aliphatic rings. The van der Waals surface area contributed by atoms with E-state index in [0.717, 1.165) is 42.3 Å². The molecule has 5 nitrogen and oxygen atoms in total. The summed E-state index contributed by atoms with van der Waals surface area (Å²) in [6.45, 7) is 6.45. The van der Waals surface area contributed by atoms with Gasteiger partial charge in [-0.3, -0.25) is 4.90 Å². The van der Waals surface area contributed by atoms with Crippen molar-refractivity contribution in [1.29, 1.82) is 0 Å². The minimum atomic E-state index is -0.486. The number of nitrogens with one attached hydrogen (secondary N) is 1. The van der Waals surface area contributed by atoms with Crippen LogP contribution in [0.5, 0.6) is 5.75 Å². The molecule has 0 saturated carbocycles. The number of pyridine rings is 1. The molecule has 188 valence electrons. The average Bonchev–Trinajstić information content (AvgIpc) is 3.31. The van der Waals surface area contributed by atoms with Crippen molar-refractivity contribution in [1.82, 2.24) is 15.2 Å². The number of fused-ring (bicyclic) bond motifs is 2. The molecule has 2 unspecified atom stereocenters. The number of aromatic nitrogens is 1. The first kappa shape index (κ1) is 25.0. The third-order valence-electron chi connectivity index (χ3n) is 7.31. The van der Waals surface area contributed by atoms with Gasteiger partial charge in [-0.25, -0.2) is 4.98 Å². The number of aliphatic hydroxyl groups is 1. The Bertz CT molecular complexity index is 1370. The van der Waals surface area contributed by atoms with Crippen LogP contribution in [0.2, 0.25) is 5.15 Å². The van der Waals surface area contributed by atoms with Crippen molar-refractivity contribution in [3.8, 4) is 5.75 Å². The predicted octanol–water partition coefficient (Wildman–Crippen LogP) is 5.68. The molecule has 0 amide bonds. The first-order valence-corrected chi connectivity index (χ1v) is 13.1. The standard InChI is InChI=1S/C30H34ClN3O2/c1-30(2,17-20-9-10-21-6-3-4-7-22(21)14-20)32-18-28(36)27-8-5-13-34(27)19-24-15-23-16-25(35)11-12-26(23)33-29(24)31/h3-4,6-7,9-12,14-16,27-28,32,35-36H,5,8,13,17-19H2,1-2H3. The molecular weight excluding hydrogens is 470 g/mol. The summed E-state index contributed by atoms with van der Waals surface area (Å²) >= 11 is 6.51. The molecule has 0 bridgehead atoms. The quantitative estimate of drug-likeness (QED) is 0.270. The van der Waals surface area contributed by atoms with Gasteiger partial charge >= 0.3 is 0 Å². The molecule has 1 saturated heterocycles. The van der Waals surface area contributed by atoms with Crippen molar-refractivity contribution in [2.45, 2.75) is 57.3 Å². The van der Waals surface area contributed by atoms with Gasteiger partial charge in [-0.05, 0) is 80.3 Å². The van der Waals surface area contributed by atoms with Crippen LogP contribution in [0.15, 0.2) is 66.7 Å². The SMILES string of the molecule is CC(C)(Cc1ccc2ccccc2c1)NCC(O)C1CCCN1Cc1cc2cc(O)ccc2nc1Cl. The van der Waals surface area contributed by atoms with Gasteiger partial charge in [0.15, 0.2) is 0 Å². The Morgan fingerprint density at radius 2 is 1.86 bits per heavy atom. The molecule has 0 spiro atoms. The molecule has 1 aromatic heterocycles. The third-order valence-corrected chi connectivity index (χ3v) is 7.63. The molecule has 4 aromatic rings. The smallest absolute Gasteiger partial charge is 0.134 e. The van der Waals surface area contributed by atoms with Crippen molar-refractivity contribution in [3.63, 3.8) is 0 Å². The van der Waals surface area contributed by atoms with Crippen molar-refractivity contribution in [3.05, 3.63) is 83.0 Å². The molecule has 5 rings (SSSR count). The molecule has 2 heterocycles. The highest BCUT2D eigenvalue weighted by molar-refractivity contribution is 6.30. The highest BCUT2D eigenvalue weighted by atomic mass is 35.5. The molecule has 1 aliphatic heterocycles. The number of β-amino-alcohol motifs (C(OH)–C–C–N with tert-alkyl or cyclic N) is 1. The van der Waals surface area contributed by atoms with Crippen LogP contribution in [0.25, 0.3) is 21.7 Å². The molecule has 36 heavy (non-hydrogen) atoms. The lowest BCUT2D eigenvalue weighted by molar-refractivity contribution is 0.0633. The van der Waals surface area contributed by atoms with E-state index >= 15 is 0 Å². The zero-order chi connectivity index (χ0) is 25.3. The van der Waals surface area contributed by atoms with Gasteiger partial charge in [-0.1, -0.05) is 54.1 Å². The van der Waals surface area contributed by atoms with Crippen molar-refractivity contribution >= 4 is 33.3 Å². The maximum absolute atomic E-state index is 11.2. The van der Waals surface area contributed by atoms with Crippen molar-refractivity contribution in [2.75, 3.05) is 13.1 Å². The summed E-state index contributed by atoms with van der Waals surface area (Å²) in [5, 5.41) is 28.5. The minimum Gasteiger partial charge on any atom is -0.508 e. The van der Waals surface area contributed by atoms with Crippen LogP contribution in [0.3, 0.4) is 0 Å². The number of aliphatic hydroxyl groups excluding tert-OH is 1. The van der Waals surface area contributed by atoms with Crippen LogP contribution < -0.4 is 5.32 Å². The summed E-state index contributed by atoms with van der Waals surface area (Å²) < 4.78 is 0. The number of hydrogen-bond donors (Lipinski definition) is 3. The first-order chi connectivity index (χ1) is 17.3. The van der Waals surface area contributed by atoms with Crippen LogP contribution in [-0.4, -0.2) is 50.9 Å². The number of likely N-dealkylation sites (tertiary alicyclic amines) is 1. The summed E-state index contributed by atoms with van der Waals surface area (Å²) in [6, 6.07) is 22.2. The molecule has 3 aromatic carbocycles. The van der Waals surface area contributed by atoms with Crippen LogP contribution in [-0.2, 0) is 13.0 Å². The Hall–Kier alpha value is -2.70. The van der Waals surface area contributed by atoms with E-state index in [2.05, 4.69) is 71.5 Å². The minimum absolute atomic E-state index is 0.0601. The number of aromatic hydroxyl groups is 1. The largest absolute Gasteiger partial charge is 0.508 e. The second-order valence-electron chi connectivity index (χ2n) is 10.7. The number of halogens is 1. The van der Waals surface area contributed by atoms with Crippen molar-refractivity contribution in [2.24, 2.45) is 0 Å². The number of phenolic OH excluding ortho intramolecular Hbond substituents is 1. The lowest BCUT2D eigenvalue weighted by Crippen LogP contribution is -2.50. The number of phenols is 1.